The van der Waals surface area contributed by atoms with Crippen molar-refractivity contribution in [3.05, 3.63) is 34.6 Å². The molecule has 1 rings (SSSR count). The van der Waals surface area contributed by atoms with Crippen LogP contribution in [0.4, 0.5) is 4.39 Å². The molecule has 0 saturated heterocycles. The molecule has 5 heteroatoms. The summed E-state index contributed by atoms with van der Waals surface area (Å²) in [4.78, 5) is 3.99. The molecule has 0 aliphatic carbocycles. The minimum Gasteiger partial charge on any atom is -0.308 e. The topological polar surface area (TPSA) is 50.4 Å². The molecule has 0 bridgehead atoms. The number of benzene rings is 1. The van der Waals surface area contributed by atoms with Gasteiger partial charge in [0.05, 0.1) is 10.6 Å². The zero-order chi connectivity index (χ0) is 10.6. The Kier molecular flexibility index (Phi) is 3.85. The molecule has 0 aromatic heterocycles. The fraction of sp³-hybridized carbons (Fsp3) is 0.222. The summed E-state index contributed by atoms with van der Waals surface area (Å²) in [6.07, 6.45) is 0. The largest absolute Gasteiger partial charge is 0.308 e. The van der Waals surface area contributed by atoms with Crippen LogP contribution in [0.5, 0.6) is 0 Å². The molecular weight excluding hydrogens is 205 g/mol. The summed E-state index contributed by atoms with van der Waals surface area (Å²) in [5.74, 6) is 5.04. The number of hydrogen-bond acceptors (Lipinski definition) is 2. The van der Waals surface area contributed by atoms with Crippen LogP contribution in [0.2, 0.25) is 5.02 Å². The van der Waals surface area contributed by atoms with Crippen LogP contribution in [0, 0.1) is 5.82 Å². The van der Waals surface area contributed by atoms with Crippen molar-refractivity contribution in [2.45, 2.75) is 6.92 Å². The number of nitrogens with zero attached hydrogens (tertiary/aromatic N) is 1. The Bertz CT molecular complexity index is 332. The number of nitrogens with two attached hydrogens (primary N) is 1. The van der Waals surface area contributed by atoms with Crippen molar-refractivity contribution in [1.82, 2.24) is 5.43 Å². The first-order valence-electron chi connectivity index (χ1n) is 4.16. The highest BCUT2D eigenvalue weighted by molar-refractivity contribution is 6.34. The third-order valence-electron chi connectivity index (χ3n) is 1.65. The lowest BCUT2D eigenvalue weighted by atomic mass is 10.2. The molecule has 0 radical (unpaired) electrons. The highest BCUT2D eigenvalue weighted by Crippen LogP contribution is 2.18. The van der Waals surface area contributed by atoms with Gasteiger partial charge in [-0.3, -0.25) is 4.99 Å². The average Bonchev–Trinajstić information content (AvgIpc) is 2.16. The van der Waals surface area contributed by atoms with Crippen LogP contribution >= 0.6 is 11.6 Å². The predicted octanol–water partition coefficient (Wildman–Crippen LogP) is 1.71. The Hall–Kier alpha value is -1.13. The van der Waals surface area contributed by atoms with Gasteiger partial charge in [0.15, 0.2) is 0 Å². The van der Waals surface area contributed by atoms with E-state index < -0.39 is 5.82 Å². The number of aliphatic imine (C=N–C) groups is 1. The van der Waals surface area contributed by atoms with Crippen LogP contribution < -0.4 is 11.3 Å². The van der Waals surface area contributed by atoms with Gasteiger partial charge in [0.1, 0.15) is 11.7 Å². The van der Waals surface area contributed by atoms with Gasteiger partial charge in [-0.1, -0.05) is 17.7 Å². The van der Waals surface area contributed by atoms with Gasteiger partial charge in [-0.2, -0.15) is 0 Å². The minimum absolute atomic E-state index is 0.207. The molecule has 3 nitrogen and oxygen atoms in total. The van der Waals surface area contributed by atoms with E-state index in [-0.39, 0.29) is 16.4 Å². The molecule has 0 aliphatic heterocycles. The first kappa shape index (κ1) is 10.9. The average molecular weight is 216 g/mol. The fourth-order valence-electron chi connectivity index (χ4n) is 1.08. The van der Waals surface area contributed by atoms with E-state index in [9.17, 15) is 4.39 Å². The Morgan fingerprint density at radius 1 is 1.64 bits per heavy atom. The van der Waals surface area contributed by atoms with Gasteiger partial charge in [0.25, 0.3) is 0 Å². The lowest BCUT2D eigenvalue weighted by Crippen LogP contribution is -2.32. The van der Waals surface area contributed by atoms with E-state index in [0.29, 0.717) is 6.54 Å². The number of rotatable bonds is 2. The molecular formula is C9H11ClFN3. The lowest BCUT2D eigenvalue weighted by Gasteiger charge is -2.08. The Balaban J connectivity index is 3.22. The molecule has 76 valence electrons. The maximum atomic E-state index is 13.4. The van der Waals surface area contributed by atoms with Gasteiger partial charge in [-0.05, 0) is 19.1 Å². The summed E-state index contributed by atoms with van der Waals surface area (Å²) < 4.78 is 13.4. The van der Waals surface area contributed by atoms with Gasteiger partial charge in [0, 0.05) is 6.54 Å². The van der Waals surface area contributed by atoms with E-state index >= 15 is 0 Å². The van der Waals surface area contributed by atoms with Crippen LogP contribution in [0.25, 0.3) is 0 Å². The summed E-state index contributed by atoms with van der Waals surface area (Å²) in [7, 11) is 0. The molecule has 0 heterocycles. The number of halogens is 2. The fourth-order valence-corrected chi connectivity index (χ4v) is 1.33. The summed E-state index contributed by atoms with van der Waals surface area (Å²) >= 11 is 5.82. The Morgan fingerprint density at radius 2 is 2.36 bits per heavy atom. The quantitative estimate of drug-likeness (QED) is 0.342. The second kappa shape index (κ2) is 4.93. The molecule has 1 aromatic carbocycles. The number of hydrazine groups is 1. The van der Waals surface area contributed by atoms with Crippen molar-refractivity contribution in [2.24, 2.45) is 10.8 Å². The first-order chi connectivity index (χ1) is 6.70. The van der Waals surface area contributed by atoms with Gasteiger partial charge < -0.3 is 5.43 Å². The maximum Gasteiger partial charge on any atom is 0.147 e. The van der Waals surface area contributed by atoms with Crippen LogP contribution in [0.3, 0.4) is 0 Å². The van der Waals surface area contributed by atoms with Crippen molar-refractivity contribution in [1.29, 1.82) is 0 Å². The van der Waals surface area contributed by atoms with Crippen molar-refractivity contribution >= 4 is 17.4 Å². The molecule has 0 amide bonds. The second-order valence-electron chi connectivity index (χ2n) is 2.56. The van der Waals surface area contributed by atoms with Gasteiger partial charge in [-0.15, -0.1) is 0 Å². The third-order valence-corrected chi connectivity index (χ3v) is 1.97. The summed E-state index contributed by atoms with van der Waals surface area (Å²) in [6, 6.07) is 4.42. The van der Waals surface area contributed by atoms with Crippen LogP contribution in [0.15, 0.2) is 23.2 Å². The summed E-state index contributed by atoms with van der Waals surface area (Å²) in [5.41, 5.74) is 2.53. The Labute approximate surface area is 86.8 Å². The van der Waals surface area contributed by atoms with Crippen molar-refractivity contribution in [3.8, 4) is 0 Å². The van der Waals surface area contributed by atoms with Crippen molar-refractivity contribution in [2.75, 3.05) is 6.54 Å². The van der Waals surface area contributed by atoms with E-state index in [0.717, 1.165) is 0 Å². The highest BCUT2D eigenvalue weighted by Gasteiger charge is 2.11. The van der Waals surface area contributed by atoms with Crippen molar-refractivity contribution < 1.29 is 4.39 Å². The maximum absolute atomic E-state index is 13.4. The molecule has 1 aromatic rings. The van der Waals surface area contributed by atoms with E-state index in [1.807, 2.05) is 6.92 Å². The minimum atomic E-state index is -0.442. The molecule has 0 unspecified atom stereocenters. The van der Waals surface area contributed by atoms with Gasteiger partial charge in [-0.25, -0.2) is 10.2 Å². The molecule has 0 saturated carbocycles. The van der Waals surface area contributed by atoms with Gasteiger partial charge >= 0.3 is 0 Å². The molecule has 0 atom stereocenters. The van der Waals surface area contributed by atoms with E-state index in [4.69, 9.17) is 17.4 Å². The SMILES string of the molecule is CCN=C(NN)c1c(F)cccc1Cl. The van der Waals surface area contributed by atoms with Crippen LogP contribution in [-0.2, 0) is 0 Å². The smallest absolute Gasteiger partial charge is 0.147 e. The summed E-state index contributed by atoms with van der Waals surface area (Å²) in [5, 5.41) is 0.287. The Morgan fingerprint density at radius 3 is 2.86 bits per heavy atom. The molecule has 3 N–H and O–H groups in total. The molecule has 0 spiro atoms. The van der Waals surface area contributed by atoms with Gasteiger partial charge in [0.2, 0.25) is 0 Å². The number of nitrogens with one attached hydrogen (secondary N) is 1. The zero-order valence-corrected chi connectivity index (χ0v) is 8.48. The normalized spacial score (nSPS) is 11.6. The van der Waals surface area contributed by atoms with E-state index in [1.165, 1.54) is 12.1 Å². The first-order valence-corrected chi connectivity index (χ1v) is 4.54. The second-order valence-corrected chi connectivity index (χ2v) is 2.97. The number of amidine groups is 1. The van der Waals surface area contributed by atoms with Crippen LogP contribution in [-0.4, -0.2) is 12.4 Å². The lowest BCUT2D eigenvalue weighted by molar-refractivity contribution is 0.624. The molecule has 14 heavy (non-hydrogen) atoms. The highest BCUT2D eigenvalue weighted by atomic mass is 35.5. The number of hydrogen-bond donors (Lipinski definition) is 2. The molecule has 0 fully saturated rings. The van der Waals surface area contributed by atoms with E-state index in [1.54, 1.807) is 6.07 Å². The standard InChI is InChI=1S/C9H11ClFN3/c1-2-13-9(14-12)8-6(10)4-3-5-7(8)11/h3-5H,2,12H2,1H3,(H,13,14). The zero-order valence-electron chi connectivity index (χ0n) is 7.72. The van der Waals surface area contributed by atoms with Crippen LogP contribution in [0.1, 0.15) is 12.5 Å². The molecule has 0 aliphatic rings. The monoisotopic (exact) mass is 215 g/mol. The third kappa shape index (κ3) is 2.21. The van der Waals surface area contributed by atoms with E-state index in [2.05, 4.69) is 10.4 Å². The van der Waals surface area contributed by atoms with Crippen molar-refractivity contribution in [3.63, 3.8) is 0 Å². The summed E-state index contributed by atoms with van der Waals surface area (Å²) in [6.45, 7) is 2.33. The predicted molar refractivity (Wildman–Crippen MR) is 55.8 cm³/mol.